The number of hydrazine groups is 1. The van der Waals surface area contributed by atoms with E-state index in [-0.39, 0.29) is 6.04 Å². The van der Waals surface area contributed by atoms with E-state index in [4.69, 9.17) is 5.84 Å². The van der Waals surface area contributed by atoms with Crippen LogP contribution in [-0.2, 0) is 13.1 Å². The topological polar surface area (TPSA) is 73.7 Å². The summed E-state index contributed by atoms with van der Waals surface area (Å²) in [6, 6.07) is 1.92. The number of hydrogen-bond acceptors (Lipinski definition) is 4. The van der Waals surface area contributed by atoms with E-state index >= 15 is 0 Å². The molecule has 3 N–H and O–H groups in total. The Kier molecular flexibility index (Phi) is 4.34. The molecule has 0 aliphatic carbocycles. The minimum absolute atomic E-state index is 0.136. The van der Waals surface area contributed by atoms with Crippen LogP contribution in [0, 0.1) is 6.92 Å². The molecule has 1 unspecified atom stereocenters. The first-order chi connectivity index (χ1) is 9.21. The van der Waals surface area contributed by atoms with Crippen molar-refractivity contribution in [2.45, 2.75) is 46.3 Å². The van der Waals surface area contributed by atoms with Gasteiger partial charge in [0.1, 0.15) is 11.9 Å². The maximum absolute atomic E-state index is 5.75. The molecular weight excluding hydrogens is 240 g/mol. The average Bonchev–Trinajstić information content (AvgIpc) is 2.99. The standard InChI is InChI=1S/C13H22N6/c1-4-7-18-8-6-15-13(18)12(16-14)11-9-10(3)17-19(11)5-2/h6,8-9,12,16H,4-5,7,14H2,1-3H3. The molecule has 0 aliphatic rings. The number of aryl methyl sites for hydroxylation is 3. The van der Waals surface area contributed by atoms with Gasteiger partial charge in [-0.15, -0.1) is 0 Å². The third kappa shape index (κ3) is 2.69. The maximum Gasteiger partial charge on any atom is 0.133 e. The summed E-state index contributed by atoms with van der Waals surface area (Å²) < 4.78 is 4.09. The molecule has 0 radical (unpaired) electrons. The molecule has 0 amide bonds. The normalized spacial score (nSPS) is 12.8. The Labute approximate surface area is 113 Å². The molecule has 0 saturated heterocycles. The molecular formula is C13H22N6. The SMILES string of the molecule is CCCn1ccnc1C(NN)c1cc(C)nn1CC. The van der Waals surface area contributed by atoms with Crippen LogP contribution in [-0.4, -0.2) is 19.3 Å². The van der Waals surface area contributed by atoms with Crippen LogP contribution in [0.1, 0.15) is 43.5 Å². The zero-order chi connectivity index (χ0) is 13.8. The molecule has 0 aromatic carbocycles. The minimum atomic E-state index is -0.136. The Morgan fingerprint density at radius 1 is 1.42 bits per heavy atom. The molecule has 6 nitrogen and oxygen atoms in total. The van der Waals surface area contributed by atoms with Gasteiger partial charge in [0.05, 0.1) is 11.4 Å². The fourth-order valence-electron chi connectivity index (χ4n) is 2.35. The summed E-state index contributed by atoms with van der Waals surface area (Å²) in [5.41, 5.74) is 4.90. The smallest absolute Gasteiger partial charge is 0.133 e. The third-order valence-corrected chi connectivity index (χ3v) is 3.17. The van der Waals surface area contributed by atoms with Crippen LogP contribution < -0.4 is 11.3 Å². The molecule has 2 heterocycles. The number of nitrogens with zero attached hydrogens (tertiary/aromatic N) is 4. The Balaban J connectivity index is 2.40. The van der Waals surface area contributed by atoms with E-state index in [9.17, 15) is 0 Å². The van der Waals surface area contributed by atoms with Crippen LogP contribution >= 0.6 is 0 Å². The van der Waals surface area contributed by atoms with Gasteiger partial charge in [0.2, 0.25) is 0 Å². The molecule has 0 aliphatic heterocycles. The first kappa shape index (κ1) is 13.8. The van der Waals surface area contributed by atoms with Gasteiger partial charge in [0.25, 0.3) is 0 Å². The number of hydrogen-bond donors (Lipinski definition) is 2. The number of imidazole rings is 1. The molecule has 2 rings (SSSR count). The van der Waals surface area contributed by atoms with Crippen molar-refractivity contribution in [3.05, 3.63) is 35.7 Å². The van der Waals surface area contributed by atoms with E-state index in [0.29, 0.717) is 0 Å². The first-order valence-electron chi connectivity index (χ1n) is 6.72. The highest BCUT2D eigenvalue weighted by molar-refractivity contribution is 5.20. The molecule has 2 aromatic heterocycles. The summed E-state index contributed by atoms with van der Waals surface area (Å²) in [5, 5.41) is 4.47. The lowest BCUT2D eigenvalue weighted by molar-refractivity contribution is 0.499. The van der Waals surface area contributed by atoms with Gasteiger partial charge in [-0.05, 0) is 26.3 Å². The van der Waals surface area contributed by atoms with Crippen LogP contribution in [0.15, 0.2) is 18.5 Å². The van der Waals surface area contributed by atoms with Crippen molar-refractivity contribution in [1.29, 1.82) is 0 Å². The summed E-state index contributed by atoms with van der Waals surface area (Å²) in [6.07, 6.45) is 4.87. The third-order valence-electron chi connectivity index (χ3n) is 3.17. The molecule has 0 saturated carbocycles. The van der Waals surface area contributed by atoms with Crippen molar-refractivity contribution in [1.82, 2.24) is 24.8 Å². The van der Waals surface area contributed by atoms with E-state index in [0.717, 1.165) is 36.7 Å². The Morgan fingerprint density at radius 2 is 2.21 bits per heavy atom. The van der Waals surface area contributed by atoms with Crippen molar-refractivity contribution >= 4 is 0 Å². The second kappa shape index (κ2) is 5.99. The average molecular weight is 262 g/mol. The summed E-state index contributed by atoms with van der Waals surface area (Å²) in [5.74, 6) is 6.68. The van der Waals surface area contributed by atoms with Gasteiger partial charge in [-0.25, -0.2) is 10.4 Å². The van der Waals surface area contributed by atoms with E-state index in [1.54, 1.807) is 0 Å². The van der Waals surface area contributed by atoms with E-state index in [2.05, 4.69) is 40.0 Å². The highest BCUT2D eigenvalue weighted by Crippen LogP contribution is 2.21. The lowest BCUT2D eigenvalue weighted by atomic mass is 10.2. The van der Waals surface area contributed by atoms with E-state index in [1.165, 1.54) is 0 Å². The van der Waals surface area contributed by atoms with Crippen molar-refractivity contribution < 1.29 is 0 Å². The Hall–Kier alpha value is -1.66. The maximum atomic E-state index is 5.75. The zero-order valence-electron chi connectivity index (χ0n) is 11.8. The molecule has 19 heavy (non-hydrogen) atoms. The zero-order valence-corrected chi connectivity index (χ0v) is 11.8. The van der Waals surface area contributed by atoms with E-state index < -0.39 is 0 Å². The van der Waals surface area contributed by atoms with Crippen molar-refractivity contribution in [2.75, 3.05) is 0 Å². The lowest BCUT2D eigenvalue weighted by Gasteiger charge is -2.18. The molecule has 2 aromatic rings. The van der Waals surface area contributed by atoms with Gasteiger partial charge in [-0.2, -0.15) is 5.10 Å². The van der Waals surface area contributed by atoms with Crippen molar-refractivity contribution in [2.24, 2.45) is 5.84 Å². The quantitative estimate of drug-likeness (QED) is 0.609. The summed E-state index contributed by atoms with van der Waals surface area (Å²) in [6.45, 7) is 7.96. The second-order valence-corrected chi connectivity index (χ2v) is 4.60. The number of rotatable bonds is 6. The molecule has 0 fully saturated rings. The number of nitrogens with two attached hydrogens (primary N) is 1. The highest BCUT2D eigenvalue weighted by atomic mass is 15.3. The molecule has 0 spiro atoms. The first-order valence-corrected chi connectivity index (χ1v) is 6.72. The number of aromatic nitrogens is 4. The molecule has 0 bridgehead atoms. The predicted octanol–water partition coefficient (Wildman–Crippen LogP) is 1.37. The minimum Gasteiger partial charge on any atom is -0.333 e. The lowest BCUT2D eigenvalue weighted by Crippen LogP contribution is -2.32. The monoisotopic (exact) mass is 262 g/mol. The van der Waals surface area contributed by atoms with Crippen LogP contribution in [0.2, 0.25) is 0 Å². The summed E-state index contributed by atoms with van der Waals surface area (Å²) in [4.78, 5) is 4.45. The van der Waals surface area contributed by atoms with Crippen LogP contribution in [0.25, 0.3) is 0 Å². The summed E-state index contributed by atoms with van der Waals surface area (Å²) >= 11 is 0. The van der Waals surface area contributed by atoms with Gasteiger partial charge in [-0.1, -0.05) is 6.92 Å². The molecule has 6 heteroatoms. The second-order valence-electron chi connectivity index (χ2n) is 4.60. The predicted molar refractivity (Wildman–Crippen MR) is 74.3 cm³/mol. The van der Waals surface area contributed by atoms with Gasteiger partial charge < -0.3 is 4.57 Å². The van der Waals surface area contributed by atoms with Gasteiger partial charge in [0.15, 0.2) is 0 Å². The van der Waals surface area contributed by atoms with Crippen LogP contribution in [0.5, 0.6) is 0 Å². The Morgan fingerprint density at radius 3 is 2.84 bits per heavy atom. The number of nitrogens with one attached hydrogen (secondary N) is 1. The van der Waals surface area contributed by atoms with Gasteiger partial charge in [-0.3, -0.25) is 10.5 Å². The van der Waals surface area contributed by atoms with Gasteiger partial charge >= 0.3 is 0 Å². The van der Waals surface area contributed by atoms with Crippen LogP contribution in [0.3, 0.4) is 0 Å². The Bertz CT molecular complexity index is 527. The van der Waals surface area contributed by atoms with Gasteiger partial charge in [0, 0.05) is 25.5 Å². The molecule has 1 atom stereocenters. The summed E-state index contributed by atoms with van der Waals surface area (Å²) in [7, 11) is 0. The fourth-order valence-corrected chi connectivity index (χ4v) is 2.35. The molecule has 104 valence electrons. The van der Waals surface area contributed by atoms with E-state index in [1.807, 2.05) is 24.0 Å². The van der Waals surface area contributed by atoms with Crippen molar-refractivity contribution in [3.63, 3.8) is 0 Å². The fraction of sp³-hybridized carbons (Fsp3) is 0.538. The van der Waals surface area contributed by atoms with Crippen molar-refractivity contribution in [3.8, 4) is 0 Å². The largest absolute Gasteiger partial charge is 0.333 e. The van der Waals surface area contributed by atoms with Crippen LogP contribution in [0.4, 0.5) is 0 Å². The highest BCUT2D eigenvalue weighted by Gasteiger charge is 2.21.